The predicted octanol–water partition coefficient (Wildman–Crippen LogP) is 2.88. The Bertz CT molecular complexity index is 748. The number of carboxylic acids is 1. The second kappa shape index (κ2) is 8.15. The molecule has 0 bridgehead atoms. The zero-order valence-corrected chi connectivity index (χ0v) is 14.9. The molecule has 0 radical (unpaired) electrons. The fourth-order valence-electron chi connectivity index (χ4n) is 3.51. The van der Waals surface area contributed by atoms with Crippen LogP contribution >= 0.6 is 0 Å². The van der Waals surface area contributed by atoms with E-state index in [1.165, 1.54) is 5.56 Å². The van der Waals surface area contributed by atoms with Crippen molar-refractivity contribution in [3.8, 4) is 0 Å². The molecular weight excluding hydrogens is 328 g/mol. The SMILES string of the molecule is C[C@H]1CN(C(=O)c2ccccc2)[C@H](CC(=O)O)CN1Cc1ccccc1. The maximum Gasteiger partial charge on any atom is 0.305 e. The van der Waals surface area contributed by atoms with Crippen LogP contribution in [0.4, 0.5) is 0 Å². The van der Waals surface area contributed by atoms with Crippen molar-refractivity contribution in [1.82, 2.24) is 9.80 Å². The molecule has 2 atom stereocenters. The van der Waals surface area contributed by atoms with E-state index in [0.29, 0.717) is 18.7 Å². The van der Waals surface area contributed by atoms with Gasteiger partial charge in [0.05, 0.1) is 12.5 Å². The summed E-state index contributed by atoms with van der Waals surface area (Å²) < 4.78 is 0. The molecule has 3 rings (SSSR count). The summed E-state index contributed by atoms with van der Waals surface area (Å²) in [5, 5.41) is 9.32. The van der Waals surface area contributed by atoms with E-state index in [1.54, 1.807) is 17.0 Å². The number of hydrogen-bond donors (Lipinski definition) is 1. The molecule has 2 aromatic carbocycles. The number of hydrogen-bond acceptors (Lipinski definition) is 3. The highest BCUT2D eigenvalue weighted by Crippen LogP contribution is 2.22. The van der Waals surface area contributed by atoms with Crippen molar-refractivity contribution in [1.29, 1.82) is 0 Å². The van der Waals surface area contributed by atoms with Crippen LogP contribution in [0.15, 0.2) is 60.7 Å². The molecule has 136 valence electrons. The van der Waals surface area contributed by atoms with Gasteiger partial charge in [-0.1, -0.05) is 48.5 Å². The number of benzene rings is 2. The highest BCUT2D eigenvalue weighted by Gasteiger charge is 2.35. The average molecular weight is 352 g/mol. The highest BCUT2D eigenvalue weighted by molar-refractivity contribution is 5.94. The van der Waals surface area contributed by atoms with Crippen molar-refractivity contribution in [2.45, 2.75) is 32.0 Å². The summed E-state index contributed by atoms with van der Waals surface area (Å²) >= 11 is 0. The van der Waals surface area contributed by atoms with E-state index >= 15 is 0 Å². The molecule has 0 spiro atoms. The van der Waals surface area contributed by atoms with Gasteiger partial charge in [0.15, 0.2) is 0 Å². The second-order valence-corrected chi connectivity index (χ2v) is 6.84. The zero-order chi connectivity index (χ0) is 18.5. The molecule has 0 saturated carbocycles. The lowest BCUT2D eigenvalue weighted by Crippen LogP contribution is -2.59. The molecule has 0 aliphatic carbocycles. The summed E-state index contributed by atoms with van der Waals surface area (Å²) in [6.45, 7) is 3.93. The zero-order valence-electron chi connectivity index (χ0n) is 14.9. The first-order valence-corrected chi connectivity index (χ1v) is 8.90. The molecule has 1 fully saturated rings. The van der Waals surface area contributed by atoms with E-state index in [-0.39, 0.29) is 24.4 Å². The molecule has 0 unspecified atom stereocenters. The van der Waals surface area contributed by atoms with E-state index in [0.717, 1.165) is 6.54 Å². The number of rotatable bonds is 5. The Balaban J connectivity index is 1.78. The topological polar surface area (TPSA) is 60.9 Å². The minimum atomic E-state index is -0.880. The first-order valence-electron chi connectivity index (χ1n) is 8.90. The molecular formula is C21H24N2O3. The molecule has 5 nitrogen and oxygen atoms in total. The van der Waals surface area contributed by atoms with Gasteiger partial charge in [0, 0.05) is 31.2 Å². The average Bonchev–Trinajstić information content (AvgIpc) is 2.65. The summed E-state index contributed by atoms with van der Waals surface area (Å²) in [6, 6.07) is 19.0. The second-order valence-electron chi connectivity index (χ2n) is 6.84. The van der Waals surface area contributed by atoms with Crippen LogP contribution in [-0.4, -0.2) is 52.0 Å². The minimum Gasteiger partial charge on any atom is -0.481 e. The van der Waals surface area contributed by atoms with Gasteiger partial charge in [-0.25, -0.2) is 0 Å². The fraction of sp³-hybridized carbons (Fsp3) is 0.333. The van der Waals surface area contributed by atoms with Gasteiger partial charge < -0.3 is 10.0 Å². The summed E-state index contributed by atoms with van der Waals surface area (Å²) in [5.74, 6) is -0.974. The monoisotopic (exact) mass is 352 g/mol. The maximum atomic E-state index is 12.9. The molecule has 1 N–H and O–H groups in total. The molecule has 1 heterocycles. The lowest BCUT2D eigenvalue weighted by atomic mass is 10.0. The first-order chi connectivity index (χ1) is 12.5. The van der Waals surface area contributed by atoms with Crippen molar-refractivity contribution in [2.75, 3.05) is 13.1 Å². The Morgan fingerprint density at radius 3 is 2.23 bits per heavy atom. The predicted molar refractivity (Wildman–Crippen MR) is 99.8 cm³/mol. The van der Waals surface area contributed by atoms with Gasteiger partial charge in [0.2, 0.25) is 0 Å². The Labute approximate surface area is 153 Å². The normalized spacial score (nSPS) is 20.7. The van der Waals surface area contributed by atoms with Gasteiger partial charge in [-0.3, -0.25) is 14.5 Å². The van der Waals surface area contributed by atoms with Gasteiger partial charge in [-0.15, -0.1) is 0 Å². The number of amides is 1. The van der Waals surface area contributed by atoms with Crippen molar-refractivity contribution >= 4 is 11.9 Å². The number of aliphatic carboxylic acids is 1. The van der Waals surface area contributed by atoms with Crippen LogP contribution in [-0.2, 0) is 11.3 Å². The molecule has 1 saturated heterocycles. The van der Waals surface area contributed by atoms with Crippen LogP contribution in [0.3, 0.4) is 0 Å². The Morgan fingerprint density at radius 2 is 1.62 bits per heavy atom. The fourth-order valence-corrected chi connectivity index (χ4v) is 3.51. The third kappa shape index (κ3) is 4.29. The van der Waals surface area contributed by atoms with Crippen molar-refractivity contribution < 1.29 is 14.7 Å². The smallest absolute Gasteiger partial charge is 0.305 e. The van der Waals surface area contributed by atoms with Gasteiger partial charge in [-0.2, -0.15) is 0 Å². The Kier molecular flexibility index (Phi) is 5.68. The molecule has 1 amide bonds. The van der Waals surface area contributed by atoms with E-state index < -0.39 is 5.97 Å². The number of carbonyl (C=O) groups is 2. The van der Waals surface area contributed by atoms with E-state index in [1.807, 2.05) is 36.4 Å². The molecule has 0 aromatic heterocycles. The van der Waals surface area contributed by atoms with Gasteiger partial charge >= 0.3 is 5.97 Å². The summed E-state index contributed by atoms with van der Waals surface area (Å²) in [6.07, 6.45) is -0.0451. The number of carbonyl (C=O) groups excluding carboxylic acids is 1. The van der Waals surface area contributed by atoms with Crippen molar-refractivity contribution in [3.05, 3.63) is 71.8 Å². The molecule has 5 heteroatoms. The summed E-state index contributed by atoms with van der Waals surface area (Å²) in [4.78, 5) is 28.3. The Morgan fingerprint density at radius 1 is 1.00 bits per heavy atom. The first kappa shape index (κ1) is 18.1. The maximum absolute atomic E-state index is 12.9. The third-order valence-electron chi connectivity index (χ3n) is 4.89. The minimum absolute atomic E-state index is 0.0451. The lowest BCUT2D eigenvalue weighted by Gasteiger charge is -2.45. The number of nitrogens with zero attached hydrogens (tertiary/aromatic N) is 2. The molecule has 26 heavy (non-hydrogen) atoms. The van der Waals surface area contributed by atoms with Crippen LogP contribution in [0.5, 0.6) is 0 Å². The van der Waals surface area contributed by atoms with E-state index in [2.05, 4.69) is 24.0 Å². The molecule has 2 aromatic rings. The van der Waals surface area contributed by atoms with Crippen LogP contribution in [0.25, 0.3) is 0 Å². The van der Waals surface area contributed by atoms with Crippen LogP contribution in [0, 0.1) is 0 Å². The van der Waals surface area contributed by atoms with Crippen LogP contribution < -0.4 is 0 Å². The number of carboxylic acid groups (broad SMARTS) is 1. The van der Waals surface area contributed by atoms with Crippen molar-refractivity contribution in [2.24, 2.45) is 0 Å². The molecule has 1 aliphatic heterocycles. The number of piperazine rings is 1. The Hall–Kier alpha value is -2.66. The van der Waals surface area contributed by atoms with Gasteiger partial charge in [0.25, 0.3) is 5.91 Å². The standard InChI is InChI=1S/C21H24N2O3/c1-16-13-23(21(26)18-10-6-3-7-11-18)19(12-20(24)25)15-22(16)14-17-8-4-2-5-9-17/h2-11,16,19H,12-15H2,1H3,(H,24,25)/t16-,19+/m0/s1. The lowest BCUT2D eigenvalue weighted by molar-refractivity contribution is -0.139. The highest BCUT2D eigenvalue weighted by atomic mass is 16.4. The van der Waals surface area contributed by atoms with Gasteiger partial charge in [0.1, 0.15) is 0 Å². The van der Waals surface area contributed by atoms with Gasteiger partial charge in [-0.05, 0) is 24.6 Å². The van der Waals surface area contributed by atoms with Crippen LogP contribution in [0.1, 0.15) is 29.3 Å². The summed E-state index contributed by atoms with van der Waals surface area (Å²) in [5.41, 5.74) is 1.79. The quantitative estimate of drug-likeness (QED) is 0.899. The molecule has 1 aliphatic rings. The van der Waals surface area contributed by atoms with E-state index in [4.69, 9.17) is 0 Å². The largest absolute Gasteiger partial charge is 0.481 e. The summed E-state index contributed by atoms with van der Waals surface area (Å²) in [7, 11) is 0. The van der Waals surface area contributed by atoms with E-state index in [9.17, 15) is 14.7 Å². The van der Waals surface area contributed by atoms with Crippen molar-refractivity contribution in [3.63, 3.8) is 0 Å². The van der Waals surface area contributed by atoms with Crippen LogP contribution in [0.2, 0.25) is 0 Å². The third-order valence-corrected chi connectivity index (χ3v) is 4.89.